The number of carboxylic acid groups (broad SMARTS) is 1. The van der Waals surface area contributed by atoms with Gasteiger partial charge < -0.3 is 13.9 Å². The van der Waals surface area contributed by atoms with Gasteiger partial charge in [-0.3, -0.25) is 0 Å². The van der Waals surface area contributed by atoms with E-state index in [0.29, 0.717) is 16.6 Å². The number of hydrogen-bond donors (Lipinski definition) is 1. The lowest BCUT2D eigenvalue weighted by Crippen LogP contribution is -1.91. The minimum absolute atomic E-state index is 0.0480. The second kappa shape index (κ2) is 5.05. The van der Waals surface area contributed by atoms with Gasteiger partial charge in [0, 0.05) is 11.1 Å². The van der Waals surface area contributed by atoms with Crippen molar-refractivity contribution in [1.82, 2.24) is 4.98 Å². The summed E-state index contributed by atoms with van der Waals surface area (Å²) in [6.07, 6.45) is 1.61. The van der Waals surface area contributed by atoms with Crippen LogP contribution in [0.2, 0.25) is 0 Å². The Kier molecular flexibility index (Phi) is 3.23. The van der Waals surface area contributed by atoms with Gasteiger partial charge in [0.15, 0.2) is 0 Å². The molecule has 0 aliphatic rings. The maximum atomic E-state index is 10.9. The Bertz CT molecular complexity index is 774. The molecule has 0 spiro atoms. The van der Waals surface area contributed by atoms with Crippen LogP contribution in [0.3, 0.4) is 0 Å². The zero-order chi connectivity index (χ0) is 14.1. The van der Waals surface area contributed by atoms with E-state index >= 15 is 0 Å². The number of nitrogens with zero attached hydrogens (tertiary/aromatic N) is 1. The topological polar surface area (TPSA) is 76.5 Å². The lowest BCUT2D eigenvalue weighted by atomic mass is 10.2. The van der Waals surface area contributed by atoms with Crippen LogP contribution in [-0.4, -0.2) is 16.1 Å². The lowest BCUT2D eigenvalue weighted by Gasteiger charge is -1.98. The molecule has 3 aromatic rings. The predicted octanol–water partition coefficient (Wildman–Crippen LogP) is 3.72. The van der Waals surface area contributed by atoms with E-state index in [1.165, 1.54) is 17.8 Å². The van der Waals surface area contributed by atoms with Crippen molar-refractivity contribution in [3.63, 3.8) is 0 Å². The van der Waals surface area contributed by atoms with Gasteiger partial charge in [-0.1, -0.05) is 17.8 Å². The van der Waals surface area contributed by atoms with E-state index in [9.17, 15) is 4.79 Å². The number of aromatic carboxylic acids is 1. The number of aromatic nitrogens is 1. The Morgan fingerprint density at radius 3 is 2.95 bits per heavy atom. The zero-order valence-electron chi connectivity index (χ0n) is 10.6. The van der Waals surface area contributed by atoms with Crippen LogP contribution in [0.15, 0.2) is 44.6 Å². The van der Waals surface area contributed by atoms with Crippen LogP contribution in [0.4, 0.5) is 0 Å². The molecule has 0 amide bonds. The van der Waals surface area contributed by atoms with E-state index in [4.69, 9.17) is 13.9 Å². The highest BCUT2D eigenvalue weighted by molar-refractivity contribution is 7.98. The second-order valence-corrected chi connectivity index (χ2v) is 5.26. The zero-order valence-corrected chi connectivity index (χ0v) is 11.4. The van der Waals surface area contributed by atoms with Gasteiger partial charge in [-0.05, 0) is 30.7 Å². The number of benzene rings is 1. The number of oxazole rings is 1. The minimum Gasteiger partial charge on any atom is -0.475 e. The van der Waals surface area contributed by atoms with Crippen molar-refractivity contribution in [1.29, 1.82) is 0 Å². The Labute approximate surface area is 118 Å². The summed E-state index contributed by atoms with van der Waals surface area (Å²) in [6.45, 7) is 1.87. The van der Waals surface area contributed by atoms with Crippen molar-refractivity contribution in [2.45, 2.75) is 17.9 Å². The van der Waals surface area contributed by atoms with Crippen LogP contribution >= 0.6 is 11.8 Å². The summed E-state index contributed by atoms with van der Waals surface area (Å²) in [5.74, 6) is -0.413. The van der Waals surface area contributed by atoms with Crippen molar-refractivity contribution >= 4 is 28.7 Å². The van der Waals surface area contributed by atoms with Gasteiger partial charge in [-0.25, -0.2) is 9.78 Å². The maximum Gasteiger partial charge on any atom is 0.371 e. The number of carbonyl (C=O) groups is 1. The molecule has 1 aromatic carbocycles. The molecule has 102 valence electrons. The van der Waals surface area contributed by atoms with Gasteiger partial charge in [0.2, 0.25) is 5.76 Å². The number of hydrogen-bond acceptors (Lipinski definition) is 5. The largest absolute Gasteiger partial charge is 0.475 e. The van der Waals surface area contributed by atoms with E-state index in [0.717, 1.165) is 16.6 Å². The molecule has 0 aliphatic carbocycles. The summed E-state index contributed by atoms with van der Waals surface area (Å²) in [5.41, 5.74) is 2.48. The molecule has 0 saturated heterocycles. The third kappa shape index (κ3) is 2.55. The van der Waals surface area contributed by atoms with E-state index in [1.807, 2.05) is 19.1 Å². The van der Waals surface area contributed by atoms with Gasteiger partial charge in [-0.2, -0.15) is 0 Å². The molecule has 0 radical (unpaired) electrons. The van der Waals surface area contributed by atoms with Crippen molar-refractivity contribution in [3.8, 4) is 0 Å². The maximum absolute atomic E-state index is 10.9. The number of furan rings is 1. The fourth-order valence-electron chi connectivity index (χ4n) is 1.83. The molecule has 0 bridgehead atoms. The van der Waals surface area contributed by atoms with Crippen molar-refractivity contribution < 1.29 is 18.7 Å². The molecule has 20 heavy (non-hydrogen) atoms. The van der Waals surface area contributed by atoms with Crippen LogP contribution in [0.5, 0.6) is 0 Å². The molecule has 1 N–H and O–H groups in total. The lowest BCUT2D eigenvalue weighted by molar-refractivity contribution is 0.0665. The normalized spacial score (nSPS) is 11.1. The Morgan fingerprint density at radius 1 is 1.40 bits per heavy atom. The quantitative estimate of drug-likeness (QED) is 0.738. The Balaban J connectivity index is 1.80. The number of aryl methyl sites for hydroxylation is 1. The molecule has 6 heteroatoms. The molecule has 0 atom stereocenters. The van der Waals surface area contributed by atoms with Crippen molar-refractivity contribution in [2.75, 3.05) is 0 Å². The first kappa shape index (κ1) is 12.8. The highest BCUT2D eigenvalue weighted by atomic mass is 32.2. The fourth-order valence-corrected chi connectivity index (χ4v) is 2.63. The van der Waals surface area contributed by atoms with Gasteiger partial charge in [0.25, 0.3) is 5.22 Å². The molecule has 2 aromatic heterocycles. The average Bonchev–Trinajstić information content (AvgIpc) is 3.01. The van der Waals surface area contributed by atoms with E-state index in [1.54, 1.807) is 12.3 Å². The summed E-state index contributed by atoms with van der Waals surface area (Å²) in [5, 5.41) is 10.3. The smallest absolute Gasteiger partial charge is 0.371 e. The summed E-state index contributed by atoms with van der Waals surface area (Å²) in [6, 6.07) is 7.12. The van der Waals surface area contributed by atoms with Crippen LogP contribution in [0.1, 0.15) is 21.8 Å². The highest BCUT2D eigenvalue weighted by Crippen LogP contribution is 2.26. The molecule has 0 aliphatic heterocycles. The SMILES string of the molecule is Cc1coc(SCc2ccc3oc(C(=O)O)cc3c2)n1. The first-order valence-electron chi connectivity index (χ1n) is 5.92. The molecule has 0 fully saturated rings. The highest BCUT2D eigenvalue weighted by Gasteiger charge is 2.11. The third-order valence-electron chi connectivity index (χ3n) is 2.75. The summed E-state index contributed by atoms with van der Waals surface area (Å²) in [7, 11) is 0. The van der Waals surface area contributed by atoms with Gasteiger partial charge >= 0.3 is 5.97 Å². The molecular weight excluding hydrogens is 278 g/mol. The molecular formula is C14H11NO4S. The number of fused-ring (bicyclic) bond motifs is 1. The molecule has 5 nitrogen and oxygen atoms in total. The van der Waals surface area contributed by atoms with Crippen molar-refractivity contribution in [2.24, 2.45) is 0 Å². The Hall–Kier alpha value is -2.21. The standard InChI is InChI=1S/C14H11NO4S/c1-8-6-18-14(15-8)20-7-9-2-3-11-10(4-9)5-12(19-11)13(16)17/h2-6H,7H2,1H3,(H,16,17). The number of rotatable bonds is 4. The van der Waals surface area contributed by atoms with Gasteiger partial charge in [0.1, 0.15) is 11.8 Å². The van der Waals surface area contributed by atoms with Crippen molar-refractivity contribution in [3.05, 3.63) is 47.5 Å². The van der Waals surface area contributed by atoms with Crippen LogP contribution in [0.25, 0.3) is 11.0 Å². The molecule has 0 unspecified atom stereocenters. The molecule has 0 saturated carbocycles. The first-order valence-corrected chi connectivity index (χ1v) is 6.91. The fraction of sp³-hybridized carbons (Fsp3) is 0.143. The molecule has 3 rings (SSSR count). The van der Waals surface area contributed by atoms with Crippen LogP contribution in [-0.2, 0) is 5.75 Å². The van der Waals surface area contributed by atoms with Crippen LogP contribution < -0.4 is 0 Å². The first-order chi connectivity index (χ1) is 9.61. The van der Waals surface area contributed by atoms with E-state index in [-0.39, 0.29) is 5.76 Å². The van der Waals surface area contributed by atoms with Crippen LogP contribution in [0, 0.1) is 6.92 Å². The Morgan fingerprint density at radius 2 is 2.25 bits per heavy atom. The third-order valence-corrected chi connectivity index (χ3v) is 3.66. The second-order valence-electron chi connectivity index (χ2n) is 4.33. The minimum atomic E-state index is -1.06. The van der Waals surface area contributed by atoms with E-state index < -0.39 is 5.97 Å². The predicted molar refractivity (Wildman–Crippen MR) is 74.0 cm³/mol. The molecule has 2 heterocycles. The monoisotopic (exact) mass is 289 g/mol. The summed E-state index contributed by atoms with van der Waals surface area (Å²) in [4.78, 5) is 15.1. The number of thioether (sulfide) groups is 1. The summed E-state index contributed by atoms with van der Waals surface area (Å²) >= 11 is 1.49. The van der Waals surface area contributed by atoms with Gasteiger partial charge in [0.05, 0.1) is 5.69 Å². The number of carboxylic acids is 1. The van der Waals surface area contributed by atoms with E-state index in [2.05, 4.69) is 4.98 Å². The summed E-state index contributed by atoms with van der Waals surface area (Å²) < 4.78 is 10.5. The average molecular weight is 289 g/mol. The van der Waals surface area contributed by atoms with Gasteiger partial charge in [-0.15, -0.1) is 0 Å².